The van der Waals surface area contributed by atoms with Crippen molar-refractivity contribution in [3.8, 4) is 5.75 Å². The first-order valence-corrected chi connectivity index (χ1v) is 8.24. The molecule has 4 nitrogen and oxygen atoms in total. The Morgan fingerprint density at radius 3 is 2.83 bits per heavy atom. The largest absolute Gasteiger partial charge is 0.487 e. The molecule has 124 valence electrons. The summed E-state index contributed by atoms with van der Waals surface area (Å²) in [5.41, 5.74) is 7.06. The van der Waals surface area contributed by atoms with Crippen LogP contribution in [0, 0.1) is 0 Å². The molecule has 0 radical (unpaired) electrons. The molecule has 3 N–H and O–H groups in total. The summed E-state index contributed by atoms with van der Waals surface area (Å²) >= 11 is 7.37. The fourth-order valence-corrected chi connectivity index (χ4v) is 3.73. The zero-order chi connectivity index (χ0) is 15.9. The molecule has 2 aromatic rings. The van der Waals surface area contributed by atoms with Crippen LogP contribution in [0.4, 0.5) is 5.69 Å². The van der Waals surface area contributed by atoms with Crippen molar-refractivity contribution < 1.29 is 9.53 Å². The summed E-state index contributed by atoms with van der Waals surface area (Å²) in [6, 6.07) is 7.07. The van der Waals surface area contributed by atoms with E-state index >= 15 is 0 Å². The van der Waals surface area contributed by atoms with Crippen LogP contribution in [0.3, 0.4) is 0 Å². The second-order valence-corrected chi connectivity index (χ2v) is 7.31. The molecule has 23 heavy (non-hydrogen) atoms. The number of nitrogens with two attached hydrogens (primary N) is 1. The predicted molar refractivity (Wildman–Crippen MR) is 97.0 cm³/mol. The van der Waals surface area contributed by atoms with Gasteiger partial charge in [-0.05, 0) is 43.5 Å². The van der Waals surface area contributed by atoms with Gasteiger partial charge < -0.3 is 15.8 Å². The third kappa shape index (κ3) is 3.74. The molecule has 0 aliphatic carbocycles. The van der Waals surface area contributed by atoms with Crippen molar-refractivity contribution in [1.82, 2.24) is 5.32 Å². The Morgan fingerprint density at radius 2 is 2.17 bits per heavy atom. The molecule has 0 bridgehead atoms. The van der Waals surface area contributed by atoms with Gasteiger partial charge in [-0.15, -0.1) is 23.7 Å². The Kier molecular flexibility index (Phi) is 5.14. The summed E-state index contributed by atoms with van der Waals surface area (Å²) in [4.78, 5) is 13.0. The van der Waals surface area contributed by atoms with Crippen molar-refractivity contribution in [3.63, 3.8) is 0 Å². The standard InChI is InChI=1S/C16H17ClN2O2S.ClH/c1-16(2)8-12(10-7-9(18)3-4-13(10)21-16)19-15(20)14-11(17)5-6-22-14;/h3-7,12H,8,18H2,1-2H3,(H,19,20);1H. The fourth-order valence-electron chi connectivity index (χ4n) is 2.68. The number of benzene rings is 1. The van der Waals surface area contributed by atoms with Crippen molar-refractivity contribution in [1.29, 1.82) is 0 Å². The van der Waals surface area contributed by atoms with Crippen molar-refractivity contribution in [2.24, 2.45) is 0 Å². The van der Waals surface area contributed by atoms with E-state index in [2.05, 4.69) is 5.32 Å². The third-order valence-electron chi connectivity index (χ3n) is 3.62. The predicted octanol–water partition coefficient (Wildman–Crippen LogP) is 4.44. The lowest BCUT2D eigenvalue weighted by molar-refractivity contribution is 0.0621. The smallest absolute Gasteiger partial charge is 0.263 e. The highest BCUT2D eigenvalue weighted by molar-refractivity contribution is 7.12. The molecule has 0 saturated carbocycles. The summed E-state index contributed by atoms with van der Waals surface area (Å²) in [5, 5.41) is 5.33. The molecule has 2 heterocycles. The Labute approximate surface area is 150 Å². The van der Waals surface area contributed by atoms with Crippen LogP contribution < -0.4 is 15.8 Å². The lowest BCUT2D eigenvalue weighted by Gasteiger charge is -2.38. The van der Waals surface area contributed by atoms with Crippen LogP contribution >= 0.6 is 35.3 Å². The van der Waals surface area contributed by atoms with Crippen LogP contribution in [0.2, 0.25) is 5.02 Å². The van der Waals surface area contributed by atoms with Gasteiger partial charge in [0.05, 0.1) is 11.1 Å². The Balaban J connectivity index is 0.00000192. The Hall–Kier alpha value is -1.43. The van der Waals surface area contributed by atoms with Crippen LogP contribution in [0.5, 0.6) is 5.75 Å². The number of hydrogen-bond acceptors (Lipinski definition) is 4. The van der Waals surface area contributed by atoms with Gasteiger partial charge in [0.2, 0.25) is 0 Å². The molecule has 1 aromatic carbocycles. The van der Waals surface area contributed by atoms with Gasteiger partial charge in [-0.25, -0.2) is 0 Å². The van der Waals surface area contributed by atoms with Gasteiger partial charge in [-0.2, -0.15) is 0 Å². The SMILES string of the molecule is CC1(C)CC(NC(=O)c2sccc2Cl)c2cc(N)ccc2O1.Cl. The van der Waals surface area contributed by atoms with E-state index in [1.807, 2.05) is 26.0 Å². The number of ether oxygens (including phenoxy) is 1. The van der Waals surface area contributed by atoms with Gasteiger partial charge >= 0.3 is 0 Å². The molecular weight excluding hydrogens is 355 g/mol. The summed E-state index contributed by atoms with van der Waals surface area (Å²) < 4.78 is 5.97. The number of anilines is 1. The highest BCUT2D eigenvalue weighted by atomic mass is 35.5. The van der Waals surface area contributed by atoms with Crippen LogP contribution in [0.15, 0.2) is 29.6 Å². The van der Waals surface area contributed by atoms with E-state index in [-0.39, 0.29) is 30.0 Å². The second-order valence-electron chi connectivity index (χ2n) is 5.99. The number of fused-ring (bicyclic) bond motifs is 1. The zero-order valence-electron chi connectivity index (χ0n) is 12.8. The summed E-state index contributed by atoms with van der Waals surface area (Å²) in [6.45, 7) is 4.01. The quantitative estimate of drug-likeness (QED) is 0.765. The molecule has 3 rings (SSSR count). The molecule has 1 aliphatic rings. The van der Waals surface area contributed by atoms with Crippen molar-refractivity contribution >= 4 is 46.9 Å². The maximum absolute atomic E-state index is 12.4. The lowest BCUT2D eigenvalue weighted by atomic mass is 9.89. The molecule has 0 spiro atoms. The van der Waals surface area contributed by atoms with Crippen molar-refractivity contribution in [2.75, 3.05) is 5.73 Å². The van der Waals surface area contributed by atoms with E-state index in [9.17, 15) is 4.79 Å². The monoisotopic (exact) mass is 372 g/mol. The van der Waals surface area contributed by atoms with E-state index in [1.165, 1.54) is 11.3 Å². The van der Waals surface area contributed by atoms with Crippen molar-refractivity contribution in [2.45, 2.75) is 31.9 Å². The maximum Gasteiger partial charge on any atom is 0.263 e. The van der Waals surface area contributed by atoms with E-state index in [0.29, 0.717) is 22.0 Å². The number of carbonyl (C=O) groups is 1. The Bertz CT molecular complexity index is 731. The van der Waals surface area contributed by atoms with Crippen LogP contribution in [0.1, 0.15) is 41.5 Å². The summed E-state index contributed by atoms with van der Waals surface area (Å²) in [7, 11) is 0. The van der Waals surface area contributed by atoms with Crippen LogP contribution in [-0.4, -0.2) is 11.5 Å². The highest BCUT2D eigenvalue weighted by Crippen LogP contribution is 2.40. The third-order valence-corrected chi connectivity index (χ3v) is 4.96. The van der Waals surface area contributed by atoms with Crippen molar-refractivity contribution in [3.05, 3.63) is 45.1 Å². The van der Waals surface area contributed by atoms with Gasteiger partial charge in [-0.1, -0.05) is 11.6 Å². The number of nitrogens with one attached hydrogen (secondary N) is 1. The first kappa shape index (κ1) is 17.9. The molecule has 1 aromatic heterocycles. The van der Waals surface area contributed by atoms with E-state index in [1.54, 1.807) is 17.5 Å². The van der Waals surface area contributed by atoms with Gasteiger partial charge in [-0.3, -0.25) is 4.79 Å². The molecule has 7 heteroatoms. The summed E-state index contributed by atoms with van der Waals surface area (Å²) in [6.07, 6.45) is 0.665. The van der Waals surface area contributed by atoms with Crippen LogP contribution in [0.25, 0.3) is 0 Å². The molecule has 1 amide bonds. The average molecular weight is 373 g/mol. The van der Waals surface area contributed by atoms with Gasteiger partial charge in [0, 0.05) is 17.7 Å². The van der Waals surface area contributed by atoms with E-state index in [4.69, 9.17) is 22.1 Å². The maximum atomic E-state index is 12.4. The number of nitrogen functional groups attached to an aromatic ring is 1. The average Bonchev–Trinajstić information content (AvgIpc) is 2.85. The number of rotatable bonds is 2. The number of amides is 1. The summed E-state index contributed by atoms with van der Waals surface area (Å²) in [5.74, 6) is 0.587. The molecule has 1 atom stereocenters. The molecule has 1 aliphatic heterocycles. The fraction of sp³-hybridized carbons (Fsp3) is 0.312. The molecule has 0 fully saturated rings. The Morgan fingerprint density at radius 1 is 1.43 bits per heavy atom. The van der Waals surface area contributed by atoms with Crippen LogP contribution in [-0.2, 0) is 0 Å². The minimum Gasteiger partial charge on any atom is -0.487 e. The lowest BCUT2D eigenvalue weighted by Crippen LogP contribution is -2.41. The van der Waals surface area contributed by atoms with E-state index in [0.717, 1.165) is 11.3 Å². The minimum atomic E-state index is -0.361. The van der Waals surface area contributed by atoms with Gasteiger partial charge in [0.1, 0.15) is 16.2 Å². The number of carbonyl (C=O) groups excluding carboxylic acids is 1. The zero-order valence-corrected chi connectivity index (χ0v) is 15.1. The number of thiophene rings is 1. The van der Waals surface area contributed by atoms with E-state index < -0.39 is 0 Å². The highest BCUT2D eigenvalue weighted by Gasteiger charge is 2.35. The first-order chi connectivity index (χ1) is 10.4. The molecular formula is C16H18Cl2N2O2S. The first-order valence-electron chi connectivity index (χ1n) is 6.98. The van der Waals surface area contributed by atoms with Gasteiger partial charge in [0.15, 0.2) is 0 Å². The normalized spacial score (nSPS) is 18.3. The molecule has 0 saturated heterocycles. The number of hydrogen-bond donors (Lipinski definition) is 2. The topological polar surface area (TPSA) is 64.4 Å². The minimum absolute atomic E-state index is 0. The number of halogens is 2. The molecule has 1 unspecified atom stereocenters. The second kappa shape index (κ2) is 6.59. The van der Waals surface area contributed by atoms with Gasteiger partial charge in [0.25, 0.3) is 5.91 Å².